The van der Waals surface area contributed by atoms with Gasteiger partial charge in [-0.05, 0) is 105 Å². The second-order valence-electron chi connectivity index (χ2n) is 11.1. The van der Waals surface area contributed by atoms with E-state index in [2.05, 4.69) is 6.92 Å². The summed E-state index contributed by atoms with van der Waals surface area (Å²) in [7, 11) is 0. The molecule has 0 amide bonds. The average Bonchev–Trinajstić information content (AvgIpc) is 2.81. The van der Waals surface area contributed by atoms with Crippen molar-refractivity contribution in [2.75, 3.05) is 0 Å². The molecule has 1 aromatic rings. The van der Waals surface area contributed by atoms with Crippen LogP contribution >= 0.6 is 0 Å². The number of benzene rings is 1. The lowest BCUT2D eigenvalue weighted by molar-refractivity contribution is 0.0710. The van der Waals surface area contributed by atoms with E-state index in [0.29, 0.717) is 5.92 Å². The van der Waals surface area contributed by atoms with Crippen LogP contribution in [0.4, 0.5) is 4.39 Å². The van der Waals surface area contributed by atoms with Crippen molar-refractivity contribution < 1.29 is 4.39 Å². The topological polar surface area (TPSA) is 23.8 Å². The molecule has 0 aromatic heterocycles. The van der Waals surface area contributed by atoms with Crippen molar-refractivity contribution in [3.8, 4) is 6.07 Å². The van der Waals surface area contributed by atoms with Gasteiger partial charge in [-0.3, -0.25) is 0 Å². The third-order valence-corrected chi connectivity index (χ3v) is 9.26. The maximum atomic E-state index is 14.1. The van der Waals surface area contributed by atoms with E-state index in [-0.39, 0.29) is 11.4 Å². The van der Waals surface area contributed by atoms with Crippen LogP contribution in [0.5, 0.6) is 0 Å². The minimum Gasteiger partial charge on any atom is -0.206 e. The molecule has 1 nitrogen and oxygen atoms in total. The summed E-state index contributed by atoms with van der Waals surface area (Å²) >= 11 is 0. The standard InChI is InChI=1S/C29H42FN/c1-2-3-4-5-6-21-7-9-22(10-8-21)23-11-12-25-18-26(14-13-24(25)17-23)27-15-16-28(20-31)29(30)19-27/h15-16,19,21-26H,2-14,17-18H2,1H3. The maximum absolute atomic E-state index is 14.1. The fourth-order valence-electron chi connectivity index (χ4n) is 7.34. The lowest BCUT2D eigenvalue weighted by Gasteiger charge is -2.45. The van der Waals surface area contributed by atoms with Gasteiger partial charge in [0.2, 0.25) is 0 Å². The molecule has 0 bridgehead atoms. The third-order valence-electron chi connectivity index (χ3n) is 9.26. The molecule has 0 spiro atoms. The van der Waals surface area contributed by atoms with Crippen molar-refractivity contribution in [1.82, 2.24) is 0 Å². The van der Waals surface area contributed by atoms with Crippen molar-refractivity contribution >= 4 is 0 Å². The Morgan fingerprint density at radius 1 is 0.839 bits per heavy atom. The van der Waals surface area contributed by atoms with Gasteiger partial charge in [0, 0.05) is 0 Å². The van der Waals surface area contributed by atoms with E-state index in [1.807, 2.05) is 12.1 Å². The normalized spacial score (nSPS) is 33.5. The van der Waals surface area contributed by atoms with E-state index >= 15 is 0 Å². The third kappa shape index (κ3) is 5.71. The number of halogens is 1. The quantitative estimate of drug-likeness (QED) is 0.402. The summed E-state index contributed by atoms with van der Waals surface area (Å²) in [6, 6.07) is 7.26. The molecule has 3 fully saturated rings. The molecule has 0 N–H and O–H groups in total. The number of fused-ring (bicyclic) bond motifs is 1. The highest BCUT2D eigenvalue weighted by Gasteiger charge is 2.39. The molecule has 4 atom stereocenters. The molecule has 2 heteroatoms. The molecular formula is C29H42FN. The highest BCUT2D eigenvalue weighted by atomic mass is 19.1. The molecule has 3 saturated carbocycles. The van der Waals surface area contributed by atoms with Crippen LogP contribution in [0, 0.1) is 46.7 Å². The molecular weight excluding hydrogens is 381 g/mol. The zero-order valence-corrected chi connectivity index (χ0v) is 19.6. The largest absolute Gasteiger partial charge is 0.206 e. The van der Waals surface area contributed by atoms with Crippen molar-refractivity contribution in [2.45, 2.75) is 109 Å². The van der Waals surface area contributed by atoms with Crippen LogP contribution in [0.1, 0.15) is 120 Å². The van der Waals surface area contributed by atoms with Crippen molar-refractivity contribution in [3.63, 3.8) is 0 Å². The van der Waals surface area contributed by atoms with Crippen LogP contribution in [0.2, 0.25) is 0 Å². The minimum atomic E-state index is -0.341. The fourth-order valence-corrected chi connectivity index (χ4v) is 7.34. The Morgan fingerprint density at radius 3 is 2.23 bits per heavy atom. The van der Waals surface area contributed by atoms with E-state index < -0.39 is 0 Å². The van der Waals surface area contributed by atoms with E-state index in [1.54, 1.807) is 12.1 Å². The predicted octanol–water partition coefficient (Wildman–Crippen LogP) is 8.77. The number of unbranched alkanes of at least 4 members (excludes halogenated alkanes) is 3. The second kappa shape index (κ2) is 11.0. The van der Waals surface area contributed by atoms with Crippen molar-refractivity contribution in [1.29, 1.82) is 5.26 Å². The number of nitriles is 1. The Balaban J connectivity index is 1.23. The number of rotatable bonds is 7. The summed E-state index contributed by atoms with van der Waals surface area (Å²) in [5, 5.41) is 8.99. The first kappa shape index (κ1) is 22.8. The summed E-state index contributed by atoms with van der Waals surface area (Å²) in [5.41, 5.74) is 1.29. The molecule has 0 radical (unpaired) electrons. The van der Waals surface area contributed by atoms with Crippen LogP contribution in [0.15, 0.2) is 18.2 Å². The van der Waals surface area contributed by atoms with Gasteiger partial charge in [-0.15, -0.1) is 0 Å². The Morgan fingerprint density at radius 2 is 1.52 bits per heavy atom. The predicted molar refractivity (Wildman–Crippen MR) is 126 cm³/mol. The van der Waals surface area contributed by atoms with Crippen molar-refractivity contribution in [2.24, 2.45) is 29.6 Å². The number of nitrogens with zero attached hydrogens (tertiary/aromatic N) is 1. The highest BCUT2D eigenvalue weighted by Crippen LogP contribution is 2.51. The van der Waals surface area contributed by atoms with Gasteiger partial charge in [-0.2, -0.15) is 5.26 Å². The molecule has 3 aliphatic rings. The zero-order valence-electron chi connectivity index (χ0n) is 19.6. The first-order valence-corrected chi connectivity index (χ1v) is 13.4. The molecule has 4 unspecified atom stereocenters. The van der Waals surface area contributed by atoms with Gasteiger partial charge in [0.05, 0.1) is 5.56 Å². The van der Waals surface area contributed by atoms with Gasteiger partial charge >= 0.3 is 0 Å². The minimum absolute atomic E-state index is 0.175. The summed E-state index contributed by atoms with van der Waals surface area (Å²) in [5.74, 6) is 4.89. The van der Waals surface area contributed by atoms with Gasteiger partial charge in [0.1, 0.15) is 11.9 Å². The molecule has 4 rings (SSSR count). The molecule has 0 aliphatic heterocycles. The van der Waals surface area contributed by atoms with Crippen LogP contribution in [-0.4, -0.2) is 0 Å². The van der Waals surface area contributed by atoms with Gasteiger partial charge in [0.25, 0.3) is 0 Å². The van der Waals surface area contributed by atoms with Crippen LogP contribution in [0.3, 0.4) is 0 Å². The Bertz CT molecular complexity index is 742. The molecule has 0 saturated heterocycles. The summed E-state index contributed by atoms with van der Waals surface area (Å²) in [6.45, 7) is 2.30. The monoisotopic (exact) mass is 423 g/mol. The molecule has 170 valence electrons. The zero-order chi connectivity index (χ0) is 21.6. The Hall–Kier alpha value is -1.36. The van der Waals surface area contributed by atoms with Gasteiger partial charge in [0.15, 0.2) is 0 Å². The number of hydrogen-bond acceptors (Lipinski definition) is 1. The Labute approximate surface area is 189 Å². The van der Waals surface area contributed by atoms with Crippen molar-refractivity contribution in [3.05, 3.63) is 35.1 Å². The molecule has 31 heavy (non-hydrogen) atoms. The molecule has 1 aromatic carbocycles. The first-order valence-electron chi connectivity index (χ1n) is 13.4. The second-order valence-corrected chi connectivity index (χ2v) is 11.1. The average molecular weight is 424 g/mol. The van der Waals surface area contributed by atoms with Gasteiger partial charge in [-0.25, -0.2) is 4.39 Å². The van der Waals surface area contributed by atoms with Gasteiger partial charge in [-0.1, -0.05) is 57.9 Å². The van der Waals surface area contributed by atoms with E-state index in [9.17, 15) is 4.39 Å². The summed E-state index contributed by atoms with van der Waals surface area (Å²) in [6.07, 6.45) is 21.2. The SMILES string of the molecule is CCCCCCC1CCC(C2CCC3CC(c4ccc(C#N)c(F)c4)CCC3C2)CC1. The summed E-state index contributed by atoms with van der Waals surface area (Å²) < 4.78 is 14.1. The van der Waals surface area contributed by atoms with Crippen LogP contribution in [-0.2, 0) is 0 Å². The first-order chi connectivity index (χ1) is 15.2. The van der Waals surface area contributed by atoms with E-state index in [1.165, 1.54) is 96.3 Å². The smallest absolute Gasteiger partial charge is 0.141 e. The van der Waals surface area contributed by atoms with Gasteiger partial charge < -0.3 is 0 Å². The fraction of sp³-hybridized carbons (Fsp3) is 0.759. The lowest BCUT2D eigenvalue weighted by atomic mass is 9.60. The van der Waals surface area contributed by atoms with Crippen LogP contribution < -0.4 is 0 Å². The molecule has 3 aliphatic carbocycles. The van der Waals surface area contributed by atoms with E-state index in [4.69, 9.17) is 5.26 Å². The van der Waals surface area contributed by atoms with Crippen LogP contribution in [0.25, 0.3) is 0 Å². The van der Waals surface area contributed by atoms with E-state index in [0.717, 1.165) is 35.2 Å². The Kier molecular flexibility index (Phi) is 8.08. The highest BCUT2D eigenvalue weighted by molar-refractivity contribution is 5.35. The summed E-state index contributed by atoms with van der Waals surface area (Å²) in [4.78, 5) is 0. The number of hydrogen-bond donors (Lipinski definition) is 0. The maximum Gasteiger partial charge on any atom is 0.141 e. The molecule has 0 heterocycles. The lowest BCUT2D eigenvalue weighted by Crippen LogP contribution is -2.34.